The fourth-order valence-corrected chi connectivity index (χ4v) is 2.25. The van der Waals surface area contributed by atoms with Gasteiger partial charge < -0.3 is 5.32 Å². The molecule has 0 aliphatic rings. The van der Waals surface area contributed by atoms with Gasteiger partial charge in [-0.3, -0.25) is 0 Å². The summed E-state index contributed by atoms with van der Waals surface area (Å²) < 4.78 is 0. The van der Waals surface area contributed by atoms with Crippen molar-refractivity contribution in [2.45, 2.75) is 13.5 Å². The molecule has 0 spiro atoms. The van der Waals surface area contributed by atoms with Gasteiger partial charge in [-0.15, -0.1) is 11.3 Å². The Bertz CT molecular complexity index is 411. The zero-order valence-electron chi connectivity index (χ0n) is 8.60. The van der Waals surface area contributed by atoms with Gasteiger partial charge in [0, 0.05) is 34.3 Å². The molecule has 78 valence electrons. The van der Waals surface area contributed by atoms with Crippen molar-refractivity contribution in [3.8, 4) is 10.4 Å². The van der Waals surface area contributed by atoms with Crippen molar-refractivity contribution >= 4 is 11.3 Å². The lowest BCUT2D eigenvalue weighted by molar-refractivity contribution is 0.735. The minimum atomic E-state index is 0.939. The van der Waals surface area contributed by atoms with Gasteiger partial charge >= 0.3 is 0 Å². The van der Waals surface area contributed by atoms with Crippen molar-refractivity contribution < 1.29 is 0 Å². The number of rotatable bonds is 4. The molecule has 0 unspecified atom stereocenters. The first-order valence-electron chi connectivity index (χ1n) is 4.95. The Balaban J connectivity index is 2.14. The minimum absolute atomic E-state index is 0.939. The first-order chi connectivity index (χ1) is 7.40. The molecule has 0 aliphatic carbocycles. The van der Waals surface area contributed by atoms with Gasteiger partial charge in [-0.05, 0) is 18.7 Å². The minimum Gasteiger partial charge on any atom is -0.312 e. The van der Waals surface area contributed by atoms with Crippen LogP contribution in [0.25, 0.3) is 10.4 Å². The lowest BCUT2D eigenvalue weighted by Gasteiger charge is -1.96. The van der Waals surface area contributed by atoms with Gasteiger partial charge in [-0.25, -0.2) is 9.97 Å². The SMILES string of the molecule is CCNCc1ccc(-c2cncnc2)s1. The molecule has 1 N–H and O–H groups in total. The molecular formula is C11H13N3S. The Morgan fingerprint density at radius 1 is 1.27 bits per heavy atom. The third kappa shape index (κ3) is 2.61. The van der Waals surface area contributed by atoms with Crippen LogP contribution in [-0.2, 0) is 6.54 Å². The number of nitrogens with one attached hydrogen (secondary N) is 1. The molecular weight excluding hydrogens is 206 g/mol. The molecule has 3 nitrogen and oxygen atoms in total. The summed E-state index contributed by atoms with van der Waals surface area (Å²) in [4.78, 5) is 10.6. The summed E-state index contributed by atoms with van der Waals surface area (Å²) in [5.74, 6) is 0. The average Bonchev–Trinajstić information content (AvgIpc) is 2.76. The third-order valence-electron chi connectivity index (χ3n) is 2.06. The van der Waals surface area contributed by atoms with Gasteiger partial charge in [0.1, 0.15) is 6.33 Å². The van der Waals surface area contributed by atoms with Crippen LogP contribution in [0, 0.1) is 0 Å². The number of hydrogen-bond acceptors (Lipinski definition) is 4. The fourth-order valence-electron chi connectivity index (χ4n) is 1.30. The summed E-state index contributed by atoms with van der Waals surface area (Å²) in [7, 11) is 0. The maximum absolute atomic E-state index is 4.01. The average molecular weight is 219 g/mol. The van der Waals surface area contributed by atoms with Crippen LogP contribution in [-0.4, -0.2) is 16.5 Å². The van der Waals surface area contributed by atoms with E-state index in [2.05, 4.69) is 34.3 Å². The lowest BCUT2D eigenvalue weighted by Crippen LogP contribution is -2.10. The van der Waals surface area contributed by atoms with Crippen molar-refractivity contribution in [3.63, 3.8) is 0 Å². The molecule has 4 heteroatoms. The first kappa shape index (κ1) is 10.3. The zero-order chi connectivity index (χ0) is 10.5. The topological polar surface area (TPSA) is 37.8 Å². The van der Waals surface area contributed by atoms with E-state index in [1.165, 1.54) is 9.75 Å². The zero-order valence-corrected chi connectivity index (χ0v) is 9.42. The van der Waals surface area contributed by atoms with Crippen LogP contribution < -0.4 is 5.32 Å². The van der Waals surface area contributed by atoms with Crippen molar-refractivity contribution in [2.75, 3.05) is 6.54 Å². The molecule has 2 aromatic heterocycles. The molecule has 0 atom stereocenters. The van der Waals surface area contributed by atoms with Crippen LogP contribution in [0.2, 0.25) is 0 Å². The highest BCUT2D eigenvalue weighted by Gasteiger charge is 2.02. The van der Waals surface area contributed by atoms with Gasteiger partial charge in [0.05, 0.1) is 0 Å². The second-order valence-electron chi connectivity index (χ2n) is 3.17. The summed E-state index contributed by atoms with van der Waals surface area (Å²) in [6.07, 6.45) is 5.24. The van der Waals surface area contributed by atoms with Crippen molar-refractivity contribution in [2.24, 2.45) is 0 Å². The van der Waals surface area contributed by atoms with Crippen molar-refractivity contribution in [1.29, 1.82) is 0 Å². The van der Waals surface area contributed by atoms with E-state index < -0.39 is 0 Å². The van der Waals surface area contributed by atoms with E-state index in [1.807, 2.05) is 12.4 Å². The Morgan fingerprint density at radius 2 is 2.07 bits per heavy atom. The van der Waals surface area contributed by atoms with Crippen LogP contribution >= 0.6 is 11.3 Å². The highest BCUT2D eigenvalue weighted by atomic mass is 32.1. The Hall–Kier alpha value is -1.26. The third-order valence-corrected chi connectivity index (χ3v) is 3.19. The number of nitrogens with zero attached hydrogens (tertiary/aromatic N) is 2. The Morgan fingerprint density at radius 3 is 2.80 bits per heavy atom. The van der Waals surface area contributed by atoms with E-state index in [0.717, 1.165) is 18.7 Å². The van der Waals surface area contributed by atoms with E-state index >= 15 is 0 Å². The first-order valence-corrected chi connectivity index (χ1v) is 5.76. The molecule has 0 saturated carbocycles. The largest absolute Gasteiger partial charge is 0.312 e. The second-order valence-corrected chi connectivity index (χ2v) is 4.34. The number of thiophene rings is 1. The summed E-state index contributed by atoms with van der Waals surface area (Å²) in [5, 5.41) is 3.31. The fraction of sp³-hybridized carbons (Fsp3) is 0.273. The quantitative estimate of drug-likeness (QED) is 0.857. The predicted octanol–water partition coefficient (Wildman–Crippen LogP) is 2.31. The summed E-state index contributed by atoms with van der Waals surface area (Å²) in [5.41, 5.74) is 1.09. The molecule has 0 aromatic carbocycles. The maximum Gasteiger partial charge on any atom is 0.115 e. The molecule has 0 bridgehead atoms. The van der Waals surface area contributed by atoms with Gasteiger partial charge in [0.25, 0.3) is 0 Å². The molecule has 0 aliphatic heterocycles. The van der Waals surface area contributed by atoms with Crippen LogP contribution in [0.5, 0.6) is 0 Å². The maximum atomic E-state index is 4.01. The van der Waals surface area contributed by atoms with Crippen LogP contribution in [0.3, 0.4) is 0 Å². The van der Waals surface area contributed by atoms with Crippen molar-refractivity contribution in [1.82, 2.24) is 15.3 Å². The standard InChI is InChI=1S/C11H13N3S/c1-2-12-7-10-3-4-11(15-10)9-5-13-8-14-6-9/h3-6,8,12H,2,7H2,1H3. The van der Waals surface area contributed by atoms with E-state index in [9.17, 15) is 0 Å². The smallest absolute Gasteiger partial charge is 0.115 e. The highest BCUT2D eigenvalue weighted by molar-refractivity contribution is 7.15. The highest BCUT2D eigenvalue weighted by Crippen LogP contribution is 2.26. The molecule has 0 fully saturated rings. The van der Waals surface area contributed by atoms with Gasteiger partial charge in [0.2, 0.25) is 0 Å². The lowest BCUT2D eigenvalue weighted by atomic mass is 10.3. The van der Waals surface area contributed by atoms with Gasteiger partial charge in [0.15, 0.2) is 0 Å². The predicted molar refractivity (Wildman–Crippen MR) is 62.7 cm³/mol. The van der Waals surface area contributed by atoms with Crippen LogP contribution in [0.1, 0.15) is 11.8 Å². The summed E-state index contributed by atoms with van der Waals surface area (Å²) in [6, 6.07) is 4.27. The monoisotopic (exact) mass is 219 g/mol. The second kappa shape index (κ2) is 5.00. The van der Waals surface area contributed by atoms with Crippen LogP contribution in [0.4, 0.5) is 0 Å². The van der Waals surface area contributed by atoms with Crippen molar-refractivity contribution in [3.05, 3.63) is 35.7 Å². The molecule has 2 heterocycles. The molecule has 2 rings (SSSR count). The Labute approximate surface area is 93.2 Å². The van der Waals surface area contributed by atoms with E-state index in [-0.39, 0.29) is 0 Å². The van der Waals surface area contributed by atoms with Gasteiger partial charge in [-0.2, -0.15) is 0 Å². The molecule has 0 saturated heterocycles. The number of aromatic nitrogens is 2. The molecule has 0 radical (unpaired) electrons. The summed E-state index contributed by atoms with van der Waals surface area (Å²) >= 11 is 1.78. The van der Waals surface area contributed by atoms with Crippen LogP contribution in [0.15, 0.2) is 30.9 Å². The van der Waals surface area contributed by atoms with Gasteiger partial charge in [-0.1, -0.05) is 6.92 Å². The summed E-state index contributed by atoms with van der Waals surface area (Å²) in [6.45, 7) is 4.05. The normalized spacial score (nSPS) is 10.5. The van der Waals surface area contributed by atoms with E-state index in [4.69, 9.17) is 0 Å². The van der Waals surface area contributed by atoms with E-state index in [0.29, 0.717) is 0 Å². The number of hydrogen-bond donors (Lipinski definition) is 1. The molecule has 0 amide bonds. The molecule has 15 heavy (non-hydrogen) atoms. The molecule has 2 aromatic rings. The Kier molecular flexibility index (Phi) is 3.42. The van der Waals surface area contributed by atoms with E-state index in [1.54, 1.807) is 17.7 Å².